The highest BCUT2D eigenvalue weighted by Crippen LogP contribution is 2.21. The molecule has 0 radical (unpaired) electrons. The molecule has 0 saturated carbocycles. The van der Waals surface area contributed by atoms with Crippen molar-refractivity contribution in [3.8, 4) is 0 Å². The van der Waals surface area contributed by atoms with E-state index in [1.165, 1.54) is 6.20 Å². The number of rotatable bonds is 2. The maximum atomic E-state index is 13.4. The van der Waals surface area contributed by atoms with E-state index in [-0.39, 0.29) is 5.95 Å². The Morgan fingerprint density at radius 2 is 2.20 bits per heavy atom. The van der Waals surface area contributed by atoms with Gasteiger partial charge in [0, 0.05) is 16.2 Å². The van der Waals surface area contributed by atoms with Gasteiger partial charge in [-0.1, -0.05) is 0 Å². The van der Waals surface area contributed by atoms with E-state index in [2.05, 4.69) is 26.2 Å². The van der Waals surface area contributed by atoms with Crippen LogP contribution in [0.4, 0.5) is 4.39 Å². The van der Waals surface area contributed by atoms with Gasteiger partial charge in [-0.3, -0.25) is 0 Å². The monoisotopic (exact) mass is 272 g/mol. The Bertz CT molecular complexity index is 337. The zero-order chi connectivity index (χ0) is 10.7. The van der Waals surface area contributed by atoms with Crippen molar-refractivity contribution < 1.29 is 4.39 Å². The van der Waals surface area contributed by atoms with Crippen LogP contribution < -0.4 is 5.32 Å². The number of hydrogen-bond acceptors (Lipinski definition) is 2. The molecule has 1 saturated heterocycles. The van der Waals surface area contributed by atoms with Gasteiger partial charge in [-0.2, -0.15) is 4.39 Å². The third-order valence-corrected chi connectivity index (χ3v) is 3.28. The van der Waals surface area contributed by atoms with Crippen molar-refractivity contribution in [2.75, 3.05) is 13.1 Å². The lowest BCUT2D eigenvalue weighted by Crippen LogP contribution is -2.28. The van der Waals surface area contributed by atoms with Crippen molar-refractivity contribution in [3.63, 3.8) is 0 Å². The zero-order valence-electron chi connectivity index (χ0n) is 8.47. The molecule has 2 heterocycles. The minimum atomic E-state index is -0.322. The Hall–Kier alpha value is -0.480. The van der Waals surface area contributed by atoms with Gasteiger partial charge in [-0.25, -0.2) is 4.98 Å². The van der Waals surface area contributed by atoms with E-state index >= 15 is 0 Å². The van der Waals surface area contributed by atoms with Gasteiger partial charge in [0.25, 0.3) is 0 Å². The molecule has 1 N–H and O–H groups in total. The van der Waals surface area contributed by atoms with Crippen LogP contribution in [0.2, 0.25) is 0 Å². The topological polar surface area (TPSA) is 24.9 Å². The highest BCUT2D eigenvalue weighted by Gasteiger charge is 2.16. The van der Waals surface area contributed by atoms with E-state index in [4.69, 9.17) is 0 Å². The normalized spacial score (nSPS) is 18.0. The maximum Gasteiger partial charge on any atom is 0.216 e. The van der Waals surface area contributed by atoms with Crippen molar-refractivity contribution in [1.82, 2.24) is 10.3 Å². The summed E-state index contributed by atoms with van der Waals surface area (Å²) in [7, 11) is 0. The van der Waals surface area contributed by atoms with Crippen LogP contribution in [0.5, 0.6) is 0 Å². The van der Waals surface area contributed by atoms with Gasteiger partial charge in [0.2, 0.25) is 5.95 Å². The number of halogens is 2. The summed E-state index contributed by atoms with van der Waals surface area (Å²) < 4.78 is 14.2. The Morgan fingerprint density at radius 3 is 2.93 bits per heavy atom. The molecular weight excluding hydrogens is 259 g/mol. The minimum Gasteiger partial charge on any atom is -0.317 e. The number of aromatic nitrogens is 1. The van der Waals surface area contributed by atoms with Crippen molar-refractivity contribution in [3.05, 3.63) is 28.2 Å². The van der Waals surface area contributed by atoms with Crippen molar-refractivity contribution in [2.24, 2.45) is 5.92 Å². The summed E-state index contributed by atoms with van der Waals surface area (Å²) in [5, 5.41) is 3.31. The molecule has 1 aliphatic heterocycles. The Balaban J connectivity index is 2.05. The molecule has 0 aliphatic carbocycles. The van der Waals surface area contributed by atoms with E-state index in [0.717, 1.165) is 42.4 Å². The summed E-state index contributed by atoms with van der Waals surface area (Å²) in [6.07, 6.45) is 4.57. The van der Waals surface area contributed by atoms with Crippen LogP contribution in [0.1, 0.15) is 18.4 Å². The van der Waals surface area contributed by atoms with Crippen LogP contribution in [-0.4, -0.2) is 18.1 Å². The summed E-state index contributed by atoms with van der Waals surface area (Å²) in [4.78, 5) is 3.71. The average Bonchev–Trinajstić information content (AvgIpc) is 2.25. The predicted molar refractivity (Wildman–Crippen MR) is 61.2 cm³/mol. The van der Waals surface area contributed by atoms with Gasteiger partial charge in [0.15, 0.2) is 0 Å². The molecule has 1 aromatic heterocycles. The predicted octanol–water partition coefficient (Wildman–Crippen LogP) is 2.53. The molecule has 82 valence electrons. The van der Waals surface area contributed by atoms with E-state index in [1.807, 2.05) is 6.07 Å². The largest absolute Gasteiger partial charge is 0.317 e. The van der Waals surface area contributed by atoms with Crippen LogP contribution >= 0.6 is 15.9 Å². The molecule has 2 rings (SSSR count). The lowest BCUT2D eigenvalue weighted by atomic mass is 9.91. The summed E-state index contributed by atoms with van der Waals surface area (Å²) in [6, 6.07) is 1.84. The van der Waals surface area contributed by atoms with Gasteiger partial charge in [-0.05, 0) is 60.3 Å². The highest BCUT2D eigenvalue weighted by atomic mass is 79.9. The molecule has 2 nitrogen and oxygen atoms in total. The zero-order valence-corrected chi connectivity index (χ0v) is 10.1. The summed E-state index contributed by atoms with van der Waals surface area (Å²) in [5.41, 5.74) is 0.733. The van der Waals surface area contributed by atoms with Gasteiger partial charge in [0.05, 0.1) is 0 Å². The van der Waals surface area contributed by atoms with Crippen molar-refractivity contribution in [1.29, 1.82) is 0 Å². The first-order valence-corrected chi connectivity index (χ1v) is 6.05. The Labute approximate surface area is 97.4 Å². The second kappa shape index (κ2) is 5.03. The third kappa shape index (κ3) is 2.98. The summed E-state index contributed by atoms with van der Waals surface area (Å²) in [5.74, 6) is 0.272. The molecule has 4 heteroatoms. The van der Waals surface area contributed by atoms with Crippen molar-refractivity contribution in [2.45, 2.75) is 19.3 Å². The summed E-state index contributed by atoms with van der Waals surface area (Å²) in [6.45, 7) is 2.10. The number of hydrogen-bond donors (Lipinski definition) is 1. The lowest BCUT2D eigenvalue weighted by molar-refractivity contribution is 0.367. The van der Waals surface area contributed by atoms with E-state index in [9.17, 15) is 4.39 Å². The first-order valence-electron chi connectivity index (χ1n) is 5.26. The standard InChI is InChI=1S/C11H14BrFN2/c12-10-6-9(11(13)15-7-10)5-8-1-3-14-4-2-8/h6-8,14H,1-5H2. The fourth-order valence-corrected chi connectivity index (χ4v) is 2.38. The number of piperidine rings is 1. The molecule has 0 bridgehead atoms. The quantitative estimate of drug-likeness (QED) is 0.837. The van der Waals surface area contributed by atoms with Crippen LogP contribution in [0.15, 0.2) is 16.7 Å². The average molecular weight is 273 g/mol. The smallest absolute Gasteiger partial charge is 0.216 e. The van der Waals surface area contributed by atoms with Gasteiger partial charge in [-0.15, -0.1) is 0 Å². The number of nitrogens with one attached hydrogen (secondary N) is 1. The molecule has 0 aromatic carbocycles. The second-order valence-corrected chi connectivity index (χ2v) is 4.92. The first-order chi connectivity index (χ1) is 7.25. The molecule has 0 unspecified atom stereocenters. The molecular formula is C11H14BrFN2. The van der Waals surface area contributed by atoms with Crippen LogP contribution in [0.3, 0.4) is 0 Å². The van der Waals surface area contributed by atoms with E-state index < -0.39 is 0 Å². The second-order valence-electron chi connectivity index (χ2n) is 4.00. The van der Waals surface area contributed by atoms with Crippen LogP contribution in [0.25, 0.3) is 0 Å². The van der Waals surface area contributed by atoms with Gasteiger partial charge >= 0.3 is 0 Å². The lowest BCUT2D eigenvalue weighted by Gasteiger charge is -2.22. The third-order valence-electron chi connectivity index (χ3n) is 2.85. The van der Waals surface area contributed by atoms with Crippen molar-refractivity contribution >= 4 is 15.9 Å². The number of pyridine rings is 1. The molecule has 1 aromatic rings. The fraction of sp³-hybridized carbons (Fsp3) is 0.545. The SMILES string of the molecule is Fc1ncc(Br)cc1CC1CCNCC1. The maximum absolute atomic E-state index is 13.4. The number of nitrogens with zero attached hydrogens (tertiary/aromatic N) is 1. The molecule has 1 aliphatic rings. The van der Waals surface area contributed by atoms with E-state index in [0.29, 0.717) is 5.92 Å². The fourth-order valence-electron chi connectivity index (χ4n) is 2.00. The molecule has 0 spiro atoms. The minimum absolute atomic E-state index is 0.322. The van der Waals surface area contributed by atoms with Crippen LogP contribution in [-0.2, 0) is 6.42 Å². The van der Waals surface area contributed by atoms with Crippen LogP contribution in [0, 0.1) is 11.9 Å². The van der Waals surface area contributed by atoms with E-state index in [1.54, 1.807) is 0 Å². The molecule has 0 amide bonds. The Morgan fingerprint density at radius 1 is 1.47 bits per heavy atom. The highest BCUT2D eigenvalue weighted by molar-refractivity contribution is 9.10. The Kier molecular flexibility index (Phi) is 3.70. The van der Waals surface area contributed by atoms with Gasteiger partial charge < -0.3 is 5.32 Å². The molecule has 15 heavy (non-hydrogen) atoms. The first kappa shape index (κ1) is 11.0. The molecule has 0 atom stereocenters. The summed E-state index contributed by atoms with van der Waals surface area (Å²) >= 11 is 3.32. The molecule has 1 fully saturated rings. The van der Waals surface area contributed by atoms with Gasteiger partial charge in [0.1, 0.15) is 0 Å².